The molecular weight excluding hydrogens is 418 g/mol. The molecule has 170 valence electrons. The lowest BCUT2D eigenvalue weighted by atomic mass is 9.91. The van der Waals surface area contributed by atoms with Crippen LogP contribution in [0.1, 0.15) is 37.8 Å². The number of anilines is 2. The van der Waals surface area contributed by atoms with E-state index in [0.717, 1.165) is 42.2 Å². The fraction of sp³-hybridized carbons (Fsp3) is 0.333. The van der Waals surface area contributed by atoms with E-state index in [9.17, 15) is 4.79 Å². The summed E-state index contributed by atoms with van der Waals surface area (Å²) < 4.78 is 9.34. The van der Waals surface area contributed by atoms with Gasteiger partial charge in [0.2, 0.25) is 5.95 Å². The van der Waals surface area contributed by atoms with Gasteiger partial charge in [0, 0.05) is 54.6 Å². The van der Waals surface area contributed by atoms with Crippen LogP contribution in [-0.4, -0.2) is 30.9 Å². The van der Waals surface area contributed by atoms with Crippen LogP contribution in [0.2, 0.25) is 0 Å². The summed E-state index contributed by atoms with van der Waals surface area (Å²) in [5, 5.41) is 6.92. The van der Waals surface area contributed by atoms with Crippen molar-refractivity contribution >= 4 is 22.9 Å². The first-order chi connectivity index (χ1) is 15.8. The largest absolute Gasteiger partial charge is 0.445 e. The molecule has 0 bridgehead atoms. The first-order valence-corrected chi connectivity index (χ1v) is 11.0. The molecule has 33 heavy (non-hydrogen) atoms. The first-order valence-electron chi connectivity index (χ1n) is 11.0. The minimum absolute atomic E-state index is 0.141. The van der Waals surface area contributed by atoms with Crippen LogP contribution in [0.15, 0.2) is 52.5 Å². The number of hydrogen-bond acceptors (Lipinski definition) is 7. The van der Waals surface area contributed by atoms with E-state index in [0.29, 0.717) is 29.4 Å². The lowest BCUT2D eigenvalue weighted by Gasteiger charge is -2.19. The number of pyridine rings is 1. The average molecular weight is 446 g/mol. The second-order valence-electron chi connectivity index (χ2n) is 9.18. The Balaban J connectivity index is 1.63. The number of fused-ring (bicyclic) bond motifs is 2. The van der Waals surface area contributed by atoms with Crippen molar-refractivity contribution in [2.24, 2.45) is 0 Å². The highest BCUT2D eigenvalue weighted by Crippen LogP contribution is 2.26. The summed E-state index contributed by atoms with van der Waals surface area (Å²) in [6, 6.07) is 5.82. The molecule has 0 saturated carbocycles. The van der Waals surface area contributed by atoms with Crippen LogP contribution >= 0.6 is 0 Å². The Morgan fingerprint density at radius 2 is 2.15 bits per heavy atom. The van der Waals surface area contributed by atoms with Gasteiger partial charge in [-0.25, -0.2) is 14.3 Å². The monoisotopic (exact) mass is 445 g/mol. The van der Waals surface area contributed by atoms with E-state index in [1.165, 1.54) is 0 Å². The summed E-state index contributed by atoms with van der Waals surface area (Å²) in [6.07, 6.45) is 5.85. The third kappa shape index (κ3) is 3.84. The molecule has 5 rings (SSSR count). The molecular formula is C24H27N7O2. The molecule has 9 heteroatoms. The van der Waals surface area contributed by atoms with Crippen LogP contribution in [0.5, 0.6) is 0 Å². The summed E-state index contributed by atoms with van der Waals surface area (Å²) in [4.78, 5) is 26.7. The standard InChI is InChI=1S/C24H27N7O2/c1-5-10-30-22(32)17-14-27-23(28-20-11-15-13-25-8-7-18(15)33-20)29-21(17)31(30)16-6-9-26-19(12-16)24(2,3)4/h5-6,9,11-12,14,25H,1,7-8,10,13H2,2-4H3,(H,27,28,29). The number of nitrogens with one attached hydrogen (secondary N) is 2. The van der Waals surface area contributed by atoms with Crippen molar-refractivity contribution in [2.75, 3.05) is 11.9 Å². The van der Waals surface area contributed by atoms with Gasteiger partial charge in [0.25, 0.3) is 5.56 Å². The van der Waals surface area contributed by atoms with Gasteiger partial charge in [0.05, 0.1) is 12.2 Å². The van der Waals surface area contributed by atoms with E-state index < -0.39 is 0 Å². The fourth-order valence-corrected chi connectivity index (χ4v) is 4.02. The lowest BCUT2D eigenvalue weighted by molar-refractivity contribution is 0.485. The molecule has 0 radical (unpaired) electrons. The van der Waals surface area contributed by atoms with Crippen LogP contribution in [-0.2, 0) is 24.9 Å². The Kier molecular flexibility index (Phi) is 5.13. The van der Waals surface area contributed by atoms with Gasteiger partial charge in [-0.05, 0) is 12.1 Å². The molecule has 2 N–H and O–H groups in total. The molecule has 1 aliphatic rings. The van der Waals surface area contributed by atoms with Crippen molar-refractivity contribution in [3.8, 4) is 5.69 Å². The minimum atomic E-state index is -0.176. The van der Waals surface area contributed by atoms with Crippen LogP contribution < -0.4 is 16.2 Å². The summed E-state index contributed by atoms with van der Waals surface area (Å²) in [5.41, 5.74) is 3.03. The molecule has 1 aliphatic heterocycles. The molecule has 0 amide bonds. The quantitative estimate of drug-likeness (QED) is 0.454. The van der Waals surface area contributed by atoms with Crippen molar-refractivity contribution in [1.29, 1.82) is 0 Å². The lowest BCUT2D eigenvalue weighted by Crippen LogP contribution is -2.22. The maximum atomic E-state index is 13.1. The second-order valence-corrected chi connectivity index (χ2v) is 9.18. The highest BCUT2D eigenvalue weighted by atomic mass is 16.4. The molecule has 0 atom stereocenters. The van der Waals surface area contributed by atoms with E-state index in [2.05, 4.69) is 48.0 Å². The number of aromatic nitrogens is 5. The number of furan rings is 1. The average Bonchev–Trinajstić information content (AvgIpc) is 3.32. The van der Waals surface area contributed by atoms with Crippen LogP contribution in [0.3, 0.4) is 0 Å². The molecule has 5 heterocycles. The first kappa shape index (κ1) is 21.1. The van der Waals surface area contributed by atoms with E-state index >= 15 is 0 Å². The third-order valence-electron chi connectivity index (χ3n) is 5.71. The van der Waals surface area contributed by atoms with Crippen molar-refractivity contribution in [1.82, 2.24) is 29.6 Å². The molecule has 9 nitrogen and oxygen atoms in total. The summed E-state index contributed by atoms with van der Waals surface area (Å²) in [6.45, 7) is 12.1. The van der Waals surface area contributed by atoms with Crippen molar-refractivity contribution in [3.05, 3.63) is 70.6 Å². The molecule has 4 aromatic rings. The normalized spacial score (nSPS) is 13.8. The van der Waals surface area contributed by atoms with Gasteiger partial charge in [0.1, 0.15) is 11.1 Å². The van der Waals surface area contributed by atoms with Gasteiger partial charge in [-0.3, -0.25) is 15.1 Å². The third-order valence-corrected chi connectivity index (χ3v) is 5.71. The van der Waals surface area contributed by atoms with Crippen LogP contribution in [0.25, 0.3) is 16.7 Å². The fourth-order valence-electron chi connectivity index (χ4n) is 4.02. The zero-order chi connectivity index (χ0) is 23.2. The maximum absolute atomic E-state index is 13.1. The highest BCUT2D eigenvalue weighted by molar-refractivity contribution is 5.77. The smallest absolute Gasteiger partial charge is 0.278 e. The number of nitrogens with zero attached hydrogens (tertiary/aromatic N) is 5. The molecule has 4 aromatic heterocycles. The topological polar surface area (TPSA) is 103 Å². The Hall–Kier alpha value is -3.72. The van der Waals surface area contributed by atoms with Crippen LogP contribution in [0.4, 0.5) is 11.8 Å². The number of allylic oxidation sites excluding steroid dienone is 1. The predicted octanol–water partition coefficient (Wildman–Crippen LogP) is 3.44. The Labute approximate surface area is 191 Å². The summed E-state index contributed by atoms with van der Waals surface area (Å²) >= 11 is 0. The molecule has 0 spiro atoms. The van der Waals surface area contributed by atoms with E-state index in [1.807, 2.05) is 18.2 Å². The molecule has 0 fully saturated rings. The molecule has 0 aromatic carbocycles. The number of rotatable bonds is 5. The Bertz CT molecular complexity index is 1380. The van der Waals surface area contributed by atoms with Crippen molar-refractivity contribution in [3.63, 3.8) is 0 Å². The Morgan fingerprint density at radius 3 is 2.91 bits per heavy atom. The van der Waals surface area contributed by atoms with Crippen molar-refractivity contribution in [2.45, 2.75) is 45.7 Å². The van der Waals surface area contributed by atoms with Gasteiger partial charge in [-0.15, -0.1) is 6.58 Å². The molecule has 0 aliphatic carbocycles. The number of hydrogen-bond donors (Lipinski definition) is 2. The highest BCUT2D eigenvalue weighted by Gasteiger charge is 2.21. The zero-order valence-electron chi connectivity index (χ0n) is 19.1. The van der Waals surface area contributed by atoms with E-state index in [-0.39, 0.29) is 11.0 Å². The van der Waals surface area contributed by atoms with Gasteiger partial charge in [-0.1, -0.05) is 26.8 Å². The maximum Gasteiger partial charge on any atom is 0.278 e. The summed E-state index contributed by atoms with van der Waals surface area (Å²) in [7, 11) is 0. The Morgan fingerprint density at radius 1 is 1.30 bits per heavy atom. The summed E-state index contributed by atoms with van der Waals surface area (Å²) in [5.74, 6) is 1.91. The predicted molar refractivity (Wildman–Crippen MR) is 127 cm³/mol. The van der Waals surface area contributed by atoms with Gasteiger partial charge in [-0.2, -0.15) is 4.98 Å². The van der Waals surface area contributed by atoms with Gasteiger partial charge >= 0.3 is 0 Å². The SMILES string of the molecule is C=CCn1c(=O)c2cnc(Nc3cc4c(o3)CCNC4)nc2n1-c1ccnc(C(C)(C)C)c1. The zero-order valence-corrected chi connectivity index (χ0v) is 19.1. The molecule has 0 unspecified atom stereocenters. The van der Waals surface area contributed by atoms with Crippen LogP contribution in [0, 0.1) is 0 Å². The second kappa shape index (κ2) is 8.00. The minimum Gasteiger partial charge on any atom is -0.445 e. The van der Waals surface area contributed by atoms with E-state index in [1.54, 1.807) is 27.8 Å². The van der Waals surface area contributed by atoms with E-state index in [4.69, 9.17) is 9.40 Å². The van der Waals surface area contributed by atoms with Gasteiger partial charge in [0.15, 0.2) is 11.5 Å². The van der Waals surface area contributed by atoms with Gasteiger partial charge < -0.3 is 9.73 Å². The molecule has 0 saturated heterocycles. The van der Waals surface area contributed by atoms with Crippen molar-refractivity contribution < 1.29 is 4.42 Å².